The molecule has 0 saturated carbocycles. The first kappa shape index (κ1) is 11.3. The molecule has 2 aromatic heterocycles. The number of ether oxygens (including phenoxy) is 1. The summed E-state index contributed by atoms with van der Waals surface area (Å²) in [6.07, 6.45) is 6.69. The molecule has 19 heavy (non-hydrogen) atoms. The van der Waals surface area contributed by atoms with Crippen molar-refractivity contribution < 1.29 is 4.74 Å². The van der Waals surface area contributed by atoms with E-state index < -0.39 is 0 Å². The van der Waals surface area contributed by atoms with Crippen LogP contribution in [0.15, 0.2) is 61.2 Å². The smallest absolute Gasteiger partial charge is 0.321 e. The monoisotopic (exact) mass is 250 g/mol. The van der Waals surface area contributed by atoms with E-state index in [9.17, 15) is 0 Å². The van der Waals surface area contributed by atoms with Crippen molar-refractivity contribution in [2.24, 2.45) is 0 Å². The van der Waals surface area contributed by atoms with E-state index in [1.54, 1.807) is 24.8 Å². The first-order valence-electron chi connectivity index (χ1n) is 5.74. The lowest BCUT2D eigenvalue weighted by Gasteiger charge is -2.04. The number of para-hydroxylation sites is 1. The van der Waals surface area contributed by atoms with Crippen LogP contribution in [0.3, 0.4) is 0 Å². The number of hydrogen-bond acceptors (Lipinski definition) is 5. The Hall–Kier alpha value is -2.82. The summed E-state index contributed by atoms with van der Waals surface area (Å²) in [5, 5.41) is 7.54. The normalized spacial score (nSPS) is 10.1. The van der Waals surface area contributed by atoms with Gasteiger partial charge in [0.2, 0.25) is 0 Å². The third-order valence-corrected chi connectivity index (χ3v) is 2.50. The fourth-order valence-corrected chi connectivity index (χ4v) is 1.57. The summed E-state index contributed by atoms with van der Waals surface area (Å²) in [6.45, 7) is 0. The van der Waals surface area contributed by atoms with Crippen LogP contribution >= 0.6 is 0 Å². The first-order chi connectivity index (χ1) is 9.42. The second-order valence-electron chi connectivity index (χ2n) is 3.80. The summed E-state index contributed by atoms with van der Waals surface area (Å²) in [6, 6.07) is 11.6. The number of hydrogen-bond donors (Lipinski definition) is 0. The molecule has 0 aliphatic carbocycles. The quantitative estimate of drug-likeness (QED) is 0.715. The molecule has 0 spiro atoms. The van der Waals surface area contributed by atoms with Crippen molar-refractivity contribution in [3.63, 3.8) is 0 Å². The van der Waals surface area contributed by atoms with Crippen molar-refractivity contribution in [1.29, 1.82) is 0 Å². The Morgan fingerprint density at radius 1 is 0.737 bits per heavy atom. The van der Waals surface area contributed by atoms with E-state index in [4.69, 9.17) is 4.74 Å². The van der Waals surface area contributed by atoms with Crippen LogP contribution < -0.4 is 4.74 Å². The standard InChI is InChI=1S/C14H10N4O/c1-2-4-13(5-3-1)19-14-15-8-12(9-16-14)11-6-7-17-18-10-11/h1-10H. The van der Waals surface area contributed by atoms with Crippen LogP contribution in [-0.2, 0) is 0 Å². The average Bonchev–Trinajstić information content (AvgIpc) is 2.50. The number of nitrogens with zero attached hydrogens (tertiary/aromatic N) is 4. The zero-order valence-electron chi connectivity index (χ0n) is 9.97. The molecular formula is C14H10N4O. The SMILES string of the molecule is c1ccc(Oc2ncc(-c3ccnnc3)cn2)cc1. The van der Waals surface area contributed by atoms with E-state index in [2.05, 4.69) is 20.2 Å². The Morgan fingerprint density at radius 3 is 2.21 bits per heavy atom. The van der Waals surface area contributed by atoms with Crippen LogP contribution in [0.5, 0.6) is 11.8 Å². The third-order valence-electron chi connectivity index (χ3n) is 2.50. The van der Waals surface area contributed by atoms with Gasteiger partial charge in [-0.25, -0.2) is 9.97 Å². The molecule has 0 atom stereocenters. The second kappa shape index (κ2) is 5.22. The van der Waals surface area contributed by atoms with Crippen molar-refractivity contribution in [2.45, 2.75) is 0 Å². The molecular weight excluding hydrogens is 240 g/mol. The van der Waals surface area contributed by atoms with Crippen molar-refractivity contribution in [2.75, 3.05) is 0 Å². The van der Waals surface area contributed by atoms with Gasteiger partial charge in [-0.1, -0.05) is 18.2 Å². The molecule has 0 radical (unpaired) electrons. The van der Waals surface area contributed by atoms with Crippen LogP contribution in [0.2, 0.25) is 0 Å². The number of aromatic nitrogens is 4. The first-order valence-corrected chi connectivity index (χ1v) is 5.74. The molecule has 5 nitrogen and oxygen atoms in total. The minimum absolute atomic E-state index is 0.317. The largest absolute Gasteiger partial charge is 0.424 e. The van der Waals surface area contributed by atoms with E-state index >= 15 is 0 Å². The maximum atomic E-state index is 5.52. The summed E-state index contributed by atoms with van der Waals surface area (Å²) in [7, 11) is 0. The van der Waals surface area contributed by atoms with E-state index in [-0.39, 0.29) is 0 Å². The van der Waals surface area contributed by atoms with E-state index in [1.165, 1.54) is 0 Å². The highest BCUT2D eigenvalue weighted by Gasteiger charge is 2.02. The zero-order valence-corrected chi connectivity index (χ0v) is 9.97. The van der Waals surface area contributed by atoms with Crippen molar-refractivity contribution in [3.8, 4) is 22.9 Å². The number of rotatable bonds is 3. The lowest BCUT2D eigenvalue weighted by atomic mass is 10.2. The van der Waals surface area contributed by atoms with Crippen molar-refractivity contribution in [1.82, 2.24) is 20.2 Å². The molecule has 0 aliphatic rings. The topological polar surface area (TPSA) is 60.8 Å². The average molecular weight is 250 g/mol. The summed E-state index contributed by atoms with van der Waals surface area (Å²) in [5.41, 5.74) is 1.79. The minimum Gasteiger partial charge on any atom is -0.424 e. The molecule has 0 amide bonds. The maximum Gasteiger partial charge on any atom is 0.321 e. The van der Waals surface area contributed by atoms with Gasteiger partial charge in [-0.05, 0) is 18.2 Å². The summed E-state index contributed by atoms with van der Waals surface area (Å²) in [4.78, 5) is 8.34. The molecule has 0 unspecified atom stereocenters. The van der Waals surface area contributed by atoms with Crippen LogP contribution in [0.4, 0.5) is 0 Å². The van der Waals surface area contributed by atoms with Crippen LogP contribution in [0.25, 0.3) is 11.1 Å². The maximum absolute atomic E-state index is 5.52. The fraction of sp³-hybridized carbons (Fsp3) is 0. The Morgan fingerprint density at radius 2 is 1.53 bits per heavy atom. The Bertz CT molecular complexity index is 641. The van der Waals surface area contributed by atoms with E-state index in [0.717, 1.165) is 11.1 Å². The molecule has 1 aromatic carbocycles. The van der Waals surface area contributed by atoms with Crippen LogP contribution in [0.1, 0.15) is 0 Å². The van der Waals surface area contributed by atoms with Gasteiger partial charge in [0.1, 0.15) is 5.75 Å². The highest BCUT2D eigenvalue weighted by atomic mass is 16.5. The van der Waals surface area contributed by atoms with Crippen molar-refractivity contribution in [3.05, 3.63) is 61.2 Å². The Balaban J connectivity index is 1.80. The Kier molecular flexibility index (Phi) is 3.10. The second-order valence-corrected chi connectivity index (χ2v) is 3.80. The molecule has 0 bridgehead atoms. The molecule has 0 N–H and O–H groups in total. The summed E-state index contributed by atoms with van der Waals surface area (Å²) in [5.74, 6) is 0.709. The number of benzene rings is 1. The Labute approximate surface area is 110 Å². The van der Waals surface area contributed by atoms with E-state index in [1.807, 2.05) is 36.4 Å². The van der Waals surface area contributed by atoms with Crippen LogP contribution in [0, 0.1) is 0 Å². The highest BCUT2D eigenvalue weighted by molar-refractivity contribution is 5.59. The molecule has 5 heteroatoms. The predicted octanol–water partition coefficient (Wildman–Crippen LogP) is 2.73. The van der Waals surface area contributed by atoms with Gasteiger partial charge in [0, 0.05) is 23.5 Å². The van der Waals surface area contributed by atoms with Gasteiger partial charge in [-0.15, -0.1) is 0 Å². The predicted molar refractivity (Wildman–Crippen MR) is 69.6 cm³/mol. The highest BCUT2D eigenvalue weighted by Crippen LogP contribution is 2.19. The fourth-order valence-electron chi connectivity index (χ4n) is 1.57. The van der Waals surface area contributed by atoms with Gasteiger partial charge in [0.15, 0.2) is 0 Å². The lowest BCUT2D eigenvalue weighted by molar-refractivity contribution is 0.442. The van der Waals surface area contributed by atoms with Gasteiger partial charge >= 0.3 is 6.01 Å². The lowest BCUT2D eigenvalue weighted by Crippen LogP contribution is -1.92. The molecule has 2 heterocycles. The van der Waals surface area contributed by atoms with E-state index in [0.29, 0.717) is 11.8 Å². The molecule has 0 aliphatic heterocycles. The van der Waals surface area contributed by atoms with Gasteiger partial charge in [0.05, 0.1) is 12.4 Å². The zero-order chi connectivity index (χ0) is 12.9. The summed E-state index contributed by atoms with van der Waals surface area (Å²) >= 11 is 0. The molecule has 3 rings (SSSR count). The summed E-state index contributed by atoms with van der Waals surface area (Å²) < 4.78 is 5.52. The third kappa shape index (κ3) is 2.71. The van der Waals surface area contributed by atoms with Gasteiger partial charge in [0.25, 0.3) is 0 Å². The van der Waals surface area contributed by atoms with Gasteiger partial charge in [-0.2, -0.15) is 10.2 Å². The molecule has 92 valence electrons. The molecule has 0 fully saturated rings. The van der Waals surface area contributed by atoms with Crippen molar-refractivity contribution >= 4 is 0 Å². The van der Waals surface area contributed by atoms with Crippen LogP contribution in [-0.4, -0.2) is 20.2 Å². The molecule has 0 saturated heterocycles. The molecule has 3 aromatic rings. The van der Waals surface area contributed by atoms with Gasteiger partial charge in [-0.3, -0.25) is 0 Å². The minimum atomic E-state index is 0.317. The van der Waals surface area contributed by atoms with Gasteiger partial charge < -0.3 is 4.74 Å².